The van der Waals surface area contributed by atoms with Crippen molar-refractivity contribution in [3.8, 4) is 0 Å². The normalized spacial score (nSPS) is 12.2. The van der Waals surface area contributed by atoms with Gasteiger partial charge in [-0.2, -0.15) is 0 Å². The van der Waals surface area contributed by atoms with E-state index in [-0.39, 0.29) is 5.41 Å². The predicted molar refractivity (Wildman–Crippen MR) is 73.2 cm³/mol. The molecule has 17 heavy (non-hydrogen) atoms. The van der Waals surface area contributed by atoms with E-state index in [9.17, 15) is 4.79 Å². The predicted octanol–water partition coefficient (Wildman–Crippen LogP) is 4.79. The van der Waals surface area contributed by atoms with Gasteiger partial charge in [-0.1, -0.05) is 59.0 Å². The summed E-state index contributed by atoms with van der Waals surface area (Å²) in [4.78, 5) is 10.7. The fourth-order valence-corrected chi connectivity index (χ4v) is 2.43. The molecule has 0 aromatic heterocycles. The first kappa shape index (κ1) is 16.2. The molecule has 0 atom stereocenters. The number of hydrogen-bond acceptors (Lipinski definition) is 1. The standard InChI is InChI=1S/C15H28O2/c1-4-7-11-15(10-6-3,12-8-5-2)13-9-14(16)17/h9,13H,4-8,10-12H2,1-3H3,(H,16,17)/b13-9-. The fraction of sp³-hybridized carbons (Fsp3) is 0.800. The molecule has 0 saturated heterocycles. The van der Waals surface area contributed by atoms with Gasteiger partial charge < -0.3 is 5.11 Å². The second kappa shape index (κ2) is 9.26. The second-order valence-corrected chi connectivity index (χ2v) is 4.99. The molecule has 2 nitrogen and oxygen atoms in total. The number of carboxylic acids is 1. The summed E-state index contributed by atoms with van der Waals surface area (Å²) in [5.74, 6) is -0.821. The molecule has 0 aliphatic heterocycles. The Labute approximate surface area is 106 Å². The van der Waals surface area contributed by atoms with Crippen molar-refractivity contribution in [3.05, 3.63) is 12.2 Å². The molecular weight excluding hydrogens is 212 g/mol. The number of aliphatic carboxylic acids is 1. The minimum absolute atomic E-state index is 0.124. The molecule has 1 N–H and O–H groups in total. The van der Waals surface area contributed by atoms with Gasteiger partial charge in [-0.3, -0.25) is 0 Å². The van der Waals surface area contributed by atoms with E-state index in [1.165, 1.54) is 31.8 Å². The van der Waals surface area contributed by atoms with Crippen molar-refractivity contribution < 1.29 is 9.90 Å². The highest BCUT2D eigenvalue weighted by Crippen LogP contribution is 2.37. The van der Waals surface area contributed by atoms with E-state index in [4.69, 9.17) is 5.11 Å². The largest absolute Gasteiger partial charge is 0.478 e. The number of unbranched alkanes of at least 4 members (excludes halogenated alkanes) is 2. The topological polar surface area (TPSA) is 37.3 Å². The van der Waals surface area contributed by atoms with Gasteiger partial charge >= 0.3 is 5.97 Å². The van der Waals surface area contributed by atoms with E-state index in [1.54, 1.807) is 0 Å². The van der Waals surface area contributed by atoms with Crippen LogP contribution in [0.15, 0.2) is 12.2 Å². The summed E-state index contributed by atoms with van der Waals surface area (Å²) in [7, 11) is 0. The van der Waals surface area contributed by atoms with E-state index in [0.717, 1.165) is 25.7 Å². The van der Waals surface area contributed by atoms with Gasteiger partial charge in [0, 0.05) is 6.08 Å². The third-order valence-electron chi connectivity index (χ3n) is 3.38. The van der Waals surface area contributed by atoms with Crippen molar-refractivity contribution in [1.29, 1.82) is 0 Å². The Balaban J connectivity index is 4.72. The molecule has 0 aromatic rings. The van der Waals surface area contributed by atoms with E-state index in [2.05, 4.69) is 20.8 Å². The molecular formula is C15H28O2. The molecule has 0 radical (unpaired) electrons. The lowest BCUT2D eigenvalue weighted by Gasteiger charge is -2.30. The van der Waals surface area contributed by atoms with Crippen LogP contribution < -0.4 is 0 Å². The van der Waals surface area contributed by atoms with E-state index in [0.29, 0.717) is 0 Å². The zero-order chi connectivity index (χ0) is 13.1. The third kappa shape index (κ3) is 7.19. The molecule has 2 heteroatoms. The van der Waals surface area contributed by atoms with Crippen molar-refractivity contribution >= 4 is 5.97 Å². The Hall–Kier alpha value is -0.790. The quantitative estimate of drug-likeness (QED) is 0.557. The van der Waals surface area contributed by atoms with Gasteiger partial charge in [0.1, 0.15) is 0 Å². The van der Waals surface area contributed by atoms with Crippen molar-refractivity contribution in [2.45, 2.75) is 72.1 Å². The van der Waals surface area contributed by atoms with E-state index < -0.39 is 5.97 Å². The highest BCUT2D eigenvalue weighted by molar-refractivity contribution is 5.79. The summed E-state index contributed by atoms with van der Waals surface area (Å²) < 4.78 is 0. The number of rotatable bonds is 10. The maximum absolute atomic E-state index is 10.7. The SMILES string of the molecule is CCCCC(/C=C\C(=O)O)(CCC)CCCC. The molecule has 0 bridgehead atoms. The molecule has 0 heterocycles. The van der Waals surface area contributed by atoms with Crippen LogP contribution in [-0.2, 0) is 4.79 Å². The lowest BCUT2D eigenvalue weighted by atomic mass is 9.74. The van der Waals surface area contributed by atoms with Gasteiger partial charge in [-0.15, -0.1) is 0 Å². The van der Waals surface area contributed by atoms with Crippen LogP contribution in [0.3, 0.4) is 0 Å². The maximum atomic E-state index is 10.7. The lowest BCUT2D eigenvalue weighted by Crippen LogP contribution is -2.18. The summed E-state index contributed by atoms with van der Waals surface area (Å²) in [5.41, 5.74) is 0.124. The van der Waals surface area contributed by atoms with Crippen LogP contribution in [0.5, 0.6) is 0 Å². The summed E-state index contributed by atoms with van der Waals surface area (Å²) in [6.45, 7) is 6.57. The second-order valence-electron chi connectivity index (χ2n) is 4.99. The van der Waals surface area contributed by atoms with Gasteiger partial charge in [-0.05, 0) is 24.7 Å². The smallest absolute Gasteiger partial charge is 0.327 e. The summed E-state index contributed by atoms with van der Waals surface area (Å²) in [6, 6.07) is 0. The van der Waals surface area contributed by atoms with Gasteiger partial charge in [0.05, 0.1) is 0 Å². The summed E-state index contributed by atoms with van der Waals surface area (Å²) >= 11 is 0. The Bertz CT molecular complexity index is 223. The molecule has 0 aromatic carbocycles. The zero-order valence-corrected chi connectivity index (χ0v) is 11.7. The van der Waals surface area contributed by atoms with Gasteiger partial charge in [0.15, 0.2) is 0 Å². The molecule has 0 saturated carbocycles. The van der Waals surface area contributed by atoms with E-state index in [1.807, 2.05) is 6.08 Å². The first-order chi connectivity index (χ1) is 8.10. The Morgan fingerprint density at radius 2 is 1.53 bits per heavy atom. The average Bonchev–Trinajstić information content (AvgIpc) is 2.31. The van der Waals surface area contributed by atoms with Crippen molar-refractivity contribution in [3.63, 3.8) is 0 Å². The lowest BCUT2D eigenvalue weighted by molar-refractivity contribution is -0.131. The van der Waals surface area contributed by atoms with Crippen LogP contribution >= 0.6 is 0 Å². The van der Waals surface area contributed by atoms with Crippen LogP contribution in [-0.4, -0.2) is 11.1 Å². The number of carbonyl (C=O) groups is 1. The van der Waals surface area contributed by atoms with Crippen LogP contribution in [0.2, 0.25) is 0 Å². The molecule has 0 spiro atoms. The minimum Gasteiger partial charge on any atom is -0.478 e. The van der Waals surface area contributed by atoms with Crippen molar-refractivity contribution in [1.82, 2.24) is 0 Å². The number of hydrogen-bond donors (Lipinski definition) is 1. The Kier molecular flexibility index (Phi) is 8.83. The van der Waals surface area contributed by atoms with Gasteiger partial charge in [0.25, 0.3) is 0 Å². The summed E-state index contributed by atoms with van der Waals surface area (Å²) in [5, 5.41) is 8.81. The van der Waals surface area contributed by atoms with Crippen LogP contribution in [0.25, 0.3) is 0 Å². The third-order valence-corrected chi connectivity index (χ3v) is 3.38. The Morgan fingerprint density at radius 3 is 1.88 bits per heavy atom. The fourth-order valence-electron chi connectivity index (χ4n) is 2.43. The van der Waals surface area contributed by atoms with Crippen LogP contribution in [0.1, 0.15) is 72.1 Å². The first-order valence-electron chi connectivity index (χ1n) is 7.02. The highest BCUT2D eigenvalue weighted by atomic mass is 16.4. The minimum atomic E-state index is -0.821. The molecule has 0 rings (SSSR count). The van der Waals surface area contributed by atoms with Crippen molar-refractivity contribution in [2.75, 3.05) is 0 Å². The molecule has 0 aliphatic carbocycles. The van der Waals surface area contributed by atoms with Crippen LogP contribution in [0.4, 0.5) is 0 Å². The Morgan fingerprint density at radius 1 is 1.00 bits per heavy atom. The van der Waals surface area contributed by atoms with Gasteiger partial charge in [-0.25, -0.2) is 4.79 Å². The van der Waals surface area contributed by atoms with Gasteiger partial charge in [0.2, 0.25) is 0 Å². The molecule has 0 unspecified atom stereocenters. The zero-order valence-electron chi connectivity index (χ0n) is 11.7. The van der Waals surface area contributed by atoms with E-state index >= 15 is 0 Å². The molecule has 0 aliphatic rings. The highest BCUT2D eigenvalue weighted by Gasteiger charge is 2.25. The number of carboxylic acid groups (broad SMARTS) is 1. The maximum Gasteiger partial charge on any atom is 0.327 e. The molecule has 100 valence electrons. The summed E-state index contributed by atoms with van der Waals surface area (Å²) in [6.07, 6.45) is 12.5. The first-order valence-corrected chi connectivity index (χ1v) is 7.02. The number of allylic oxidation sites excluding steroid dienone is 1. The average molecular weight is 240 g/mol. The molecule has 0 amide bonds. The van der Waals surface area contributed by atoms with Crippen LogP contribution in [0, 0.1) is 5.41 Å². The molecule has 0 fully saturated rings. The van der Waals surface area contributed by atoms with Crippen molar-refractivity contribution in [2.24, 2.45) is 5.41 Å². The monoisotopic (exact) mass is 240 g/mol.